The average molecular weight is 297 g/mol. The minimum atomic E-state index is 0.298. The zero-order chi connectivity index (χ0) is 14.2. The highest BCUT2D eigenvalue weighted by molar-refractivity contribution is 7.99. The van der Waals surface area contributed by atoms with E-state index in [0.717, 1.165) is 60.4 Å². The van der Waals surface area contributed by atoms with Crippen LogP contribution in [0.1, 0.15) is 25.8 Å². The predicted molar refractivity (Wildman–Crippen MR) is 83.1 cm³/mol. The third-order valence-corrected chi connectivity index (χ3v) is 4.00. The number of nitrogens with one attached hydrogen (secondary N) is 1. The summed E-state index contributed by atoms with van der Waals surface area (Å²) in [5, 5.41) is 3.33. The topological polar surface area (TPSA) is 39.7 Å². The average Bonchev–Trinajstić information content (AvgIpc) is 2.91. The minimum Gasteiger partial charge on any atom is -0.493 e. The molecule has 0 saturated carbocycles. The summed E-state index contributed by atoms with van der Waals surface area (Å²) in [6.07, 6.45) is 1.06. The summed E-state index contributed by atoms with van der Waals surface area (Å²) in [7, 11) is 0. The zero-order valence-electron chi connectivity index (χ0n) is 12.2. The van der Waals surface area contributed by atoms with Gasteiger partial charge in [-0.25, -0.2) is 0 Å². The highest BCUT2D eigenvalue weighted by atomic mass is 32.2. The van der Waals surface area contributed by atoms with Gasteiger partial charge < -0.3 is 19.5 Å². The molecule has 0 amide bonds. The Kier molecular flexibility index (Phi) is 6.33. The van der Waals surface area contributed by atoms with Crippen molar-refractivity contribution in [3.63, 3.8) is 0 Å². The van der Waals surface area contributed by atoms with Crippen LogP contribution < -0.4 is 19.5 Å². The van der Waals surface area contributed by atoms with Crippen molar-refractivity contribution in [1.29, 1.82) is 0 Å². The quantitative estimate of drug-likeness (QED) is 0.709. The fraction of sp³-hybridized carbons (Fsp3) is 0.600. The molecule has 0 bridgehead atoms. The van der Waals surface area contributed by atoms with Gasteiger partial charge in [-0.15, -0.1) is 0 Å². The molecule has 0 aromatic heterocycles. The molecule has 5 heteroatoms. The third kappa shape index (κ3) is 4.21. The van der Waals surface area contributed by atoms with Gasteiger partial charge >= 0.3 is 0 Å². The van der Waals surface area contributed by atoms with Gasteiger partial charge in [0, 0.05) is 18.2 Å². The molecule has 2 rings (SSSR count). The molecular weight excluding hydrogens is 274 g/mol. The second-order valence-corrected chi connectivity index (χ2v) is 5.89. The molecule has 0 aliphatic carbocycles. The zero-order valence-corrected chi connectivity index (χ0v) is 13.1. The van der Waals surface area contributed by atoms with Gasteiger partial charge in [-0.3, -0.25) is 0 Å². The van der Waals surface area contributed by atoms with Gasteiger partial charge in [0.1, 0.15) is 5.75 Å². The van der Waals surface area contributed by atoms with Crippen LogP contribution in [0, 0.1) is 0 Å². The number of hydrogen-bond acceptors (Lipinski definition) is 5. The first-order chi connectivity index (χ1) is 9.85. The molecule has 1 aliphatic rings. The van der Waals surface area contributed by atoms with Gasteiger partial charge in [-0.05, 0) is 30.5 Å². The van der Waals surface area contributed by atoms with Crippen LogP contribution in [0.5, 0.6) is 17.2 Å². The summed E-state index contributed by atoms with van der Waals surface area (Å²) < 4.78 is 16.8. The molecule has 4 nitrogen and oxygen atoms in total. The van der Waals surface area contributed by atoms with Crippen LogP contribution >= 0.6 is 11.8 Å². The minimum absolute atomic E-state index is 0.298. The first-order valence-corrected chi connectivity index (χ1v) is 8.34. The predicted octanol–water partition coefficient (Wildman–Crippen LogP) is 3.05. The largest absolute Gasteiger partial charge is 0.493 e. The number of fused-ring (bicyclic) bond motifs is 1. The molecule has 0 spiro atoms. The highest BCUT2D eigenvalue weighted by Gasteiger charge is 2.17. The van der Waals surface area contributed by atoms with Gasteiger partial charge in [0.25, 0.3) is 0 Å². The van der Waals surface area contributed by atoms with Gasteiger partial charge in [0.15, 0.2) is 11.5 Å². The summed E-state index contributed by atoms with van der Waals surface area (Å²) in [5.74, 6) is 4.80. The van der Waals surface area contributed by atoms with E-state index in [9.17, 15) is 0 Å². The molecule has 1 heterocycles. The number of hydrogen-bond donors (Lipinski definition) is 1. The Morgan fingerprint density at radius 1 is 1.25 bits per heavy atom. The van der Waals surface area contributed by atoms with Crippen LogP contribution in [0.3, 0.4) is 0 Å². The standard InChI is InChI=1S/C15H23NO3S/c1-3-16-10-12-8-14-15(19-11-18-14)9-13(12)17-6-5-7-20-4-2/h8-9,16H,3-7,10-11H2,1-2H3. The lowest BCUT2D eigenvalue weighted by molar-refractivity contribution is 0.173. The van der Waals surface area contributed by atoms with Crippen molar-refractivity contribution in [3.05, 3.63) is 17.7 Å². The molecule has 0 saturated heterocycles. The monoisotopic (exact) mass is 297 g/mol. The molecule has 112 valence electrons. The normalized spacial score (nSPS) is 12.7. The molecule has 0 fully saturated rings. The first-order valence-electron chi connectivity index (χ1n) is 7.19. The maximum absolute atomic E-state index is 5.92. The van der Waals surface area contributed by atoms with E-state index < -0.39 is 0 Å². The van der Waals surface area contributed by atoms with Gasteiger partial charge in [0.2, 0.25) is 6.79 Å². The van der Waals surface area contributed by atoms with Crippen molar-refractivity contribution in [2.75, 3.05) is 31.5 Å². The first kappa shape index (κ1) is 15.3. The number of thioether (sulfide) groups is 1. The fourth-order valence-corrected chi connectivity index (χ4v) is 2.60. The van der Waals surface area contributed by atoms with E-state index in [2.05, 4.69) is 19.2 Å². The Morgan fingerprint density at radius 2 is 2.05 bits per heavy atom. The van der Waals surface area contributed by atoms with E-state index in [4.69, 9.17) is 14.2 Å². The summed E-state index contributed by atoms with van der Waals surface area (Å²) in [6.45, 7) is 7.03. The van der Waals surface area contributed by atoms with E-state index in [0.29, 0.717) is 6.79 Å². The molecule has 0 radical (unpaired) electrons. The molecule has 20 heavy (non-hydrogen) atoms. The molecular formula is C15H23NO3S. The van der Waals surface area contributed by atoms with Crippen LogP contribution in [0.15, 0.2) is 12.1 Å². The maximum atomic E-state index is 5.92. The Balaban J connectivity index is 1.97. The van der Waals surface area contributed by atoms with Crippen molar-refractivity contribution in [2.24, 2.45) is 0 Å². The molecule has 1 aliphatic heterocycles. The van der Waals surface area contributed by atoms with Crippen LogP contribution in [0.4, 0.5) is 0 Å². The summed E-state index contributed by atoms with van der Waals surface area (Å²) in [4.78, 5) is 0. The lowest BCUT2D eigenvalue weighted by atomic mass is 10.1. The fourth-order valence-electron chi connectivity index (χ4n) is 1.99. The Morgan fingerprint density at radius 3 is 2.80 bits per heavy atom. The van der Waals surface area contributed by atoms with Crippen LogP contribution in [-0.2, 0) is 6.54 Å². The summed E-state index contributed by atoms with van der Waals surface area (Å²) >= 11 is 1.94. The van der Waals surface area contributed by atoms with Crippen molar-refractivity contribution in [1.82, 2.24) is 5.32 Å². The SMILES string of the molecule is CCNCc1cc2c(cc1OCCCSCC)OCO2. The number of rotatable bonds is 9. The van der Waals surface area contributed by atoms with Crippen LogP contribution in [-0.4, -0.2) is 31.5 Å². The van der Waals surface area contributed by atoms with Gasteiger partial charge in [-0.1, -0.05) is 13.8 Å². The van der Waals surface area contributed by atoms with Crippen molar-refractivity contribution < 1.29 is 14.2 Å². The summed E-state index contributed by atoms with van der Waals surface area (Å²) in [5.41, 5.74) is 1.12. The van der Waals surface area contributed by atoms with Crippen molar-refractivity contribution >= 4 is 11.8 Å². The smallest absolute Gasteiger partial charge is 0.231 e. The summed E-state index contributed by atoms with van der Waals surface area (Å²) in [6, 6.07) is 3.96. The van der Waals surface area contributed by atoms with E-state index in [1.165, 1.54) is 0 Å². The molecule has 0 unspecified atom stereocenters. The van der Waals surface area contributed by atoms with E-state index in [1.54, 1.807) is 0 Å². The Hall–Kier alpha value is -1.07. The van der Waals surface area contributed by atoms with E-state index >= 15 is 0 Å². The Bertz CT molecular complexity index is 426. The molecule has 1 aromatic carbocycles. The Labute approximate surface area is 125 Å². The molecule has 1 aromatic rings. The number of benzene rings is 1. The third-order valence-electron chi connectivity index (χ3n) is 3.02. The maximum Gasteiger partial charge on any atom is 0.231 e. The van der Waals surface area contributed by atoms with Crippen LogP contribution in [0.25, 0.3) is 0 Å². The van der Waals surface area contributed by atoms with Gasteiger partial charge in [0.05, 0.1) is 6.61 Å². The molecule has 0 atom stereocenters. The second-order valence-electron chi connectivity index (χ2n) is 4.49. The lowest BCUT2D eigenvalue weighted by Crippen LogP contribution is -2.13. The van der Waals surface area contributed by atoms with Crippen LogP contribution in [0.2, 0.25) is 0 Å². The van der Waals surface area contributed by atoms with Crippen molar-refractivity contribution in [2.45, 2.75) is 26.8 Å². The lowest BCUT2D eigenvalue weighted by Gasteiger charge is -2.13. The van der Waals surface area contributed by atoms with E-state index in [1.807, 2.05) is 23.9 Å². The molecule has 1 N–H and O–H groups in total. The second kappa shape index (κ2) is 8.27. The highest BCUT2D eigenvalue weighted by Crippen LogP contribution is 2.38. The van der Waals surface area contributed by atoms with E-state index in [-0.39, 0.29) is 0 Å². The number of ether oxygens (including phenoxy) is 3. The van der Waals surface area contributed by atoms with Crippen molar-refractivity contribution in [3.8, 4) is 17.2 Å². The van der Waals surface area contributed by atoms with Gasteiger partial charge in [-0.2, -0.15) is 11.8 Å².